The minimum absolute atomic E-state index is 0.0285. The monoisotopic (exact) mass is 460 g/mol. The maximum absolute atomic E-state index is 12.6. The Hall–Kier alpha value is -3.33. The van der Waals surface area contributed by atoms with Gasteiger partial charge in [0.15, 0.2) is 11.5 Å². The summed E-state index contributed by atoms with van der Waals surface area (Å²) in [4.78, 5) is 35.8. The molecule has 2 amide bonds. The summed E-state index contributed by atoms with van der Waals surface area (Å²) in [5.41, 5.74) is 0.931. The molecule has 0 spiro atoms. The van der Waals surface area contributed by atoms with Crippen molar-refractivity contribution >= 4 is 39.8 Å². The maximum Gasteiger partial charge on any atom is 0.305 e. The highest BCUT2D eigenvalue weighted by Crippen LogP contribution is 2.33. The van der Waals surface area contributed by atoms with Crippen LogP contribution < -0.4 is 20.1 Å². The van der Waals surface area contributed by atoms with E-state index in [0.717, 1.165) is 4.47 Å². The van der Waals surface area contributed by atoms with Crippen LogP contribution in [0, 0.1) is 0 Å². The second kappa shape index (κ2) is 9.24. The lowest BCUT2D eigenvalue weighted by Gasteiger charge is -2.11. The number of carboxylic acid groups (broad SMARTS) is 1. The smallest absolute Gasteiger partial charge is 0.305 e. The van der Waals surface area contributed by atoms with Crippen molar-refractivity contribution in [2.24, 2.45) is 0 Å². The van der Waals surface area contributed by atoms with E-state index < -0.39 is 17.8 Å². The molecule has 3 N–H and O–H groups in total. The average molecular weight is 461 g/mol. The zero-order valence-electron chi connectivity index (χ0n) is 15.1. The molecular weight excluding hydrogens is 444 g/mol. The maximum atomic E-state index is 12.6. The van der Waals surface area contributed by atoms with Gasteiger partial charge in [0.2, 0.25) is 6.79 Å². The van der Waals surface area contributed by atoms with Crippen LogP contribution in [0.2, 0.25) is 0 Å². The molecule has 0 aromatic heterocycles. The SMILES string of the molecule is O=C(O)CCNC(=O)/C(=C/c1ccc2c(c1)OCO2)NC(=O)c1cccc(Br)c1. The third-order valence-corrected chi connectivity index (χ3v) is 4.40. The van der Waals surface area contributed by atoms with Crippen molar-refractivity contribution in [1.29, 1.82) is 0 Å². The zero-order chi connectivity index (χ0) is 20.8. The van der Waals surface area contributed by atoms with Crippen LogP contribution in [0.3, 0.4) is 0 Å². The number of rotatable bonds is 7. The fourth-order valence-electron chi connectivity index (χ4n) is 2.53. The number of carbonyl (C=O) groups excluding carboxylic acids is 2. The third kappa shape index (κ3) is 5.58. The number of nitrogens with one attached hydrogen (secondary N) is 2. The second-order valence-corrected chi connectivity index (χ2v) is 6.95. The van der Waals surface area contributed by atoms with E-state index in [2.05, 4.69) is 26.6 Å². The number of fused-ring (bicyclic) bond motifs is 1. The first kappa shape index (κ1) is 20.4. The Morgan fingerprint density at radius 2 is 1.90 bits per heavy atom. The Morgan fingerprint density at radius 3 is 2.66 bits per heavy atom. The van der Waals surface area contributed by atoms with Gasteiger partial charge in [0.25, 0.3) is 11.8 Å². The number of benzene rings is 2. The van der Waals surface area contributed by atoms with E-state index in [-0.39, 0.29) is 25.5 Å². The van der Waals surface area contributed by atoms with Gasteiger partial charge in [-0.15, -0.1) is 0 Å². The van der Waals surface area contributed by atoms with Crippen LogP contribution in [-0.2, 0) is 9.59 Å². The van der Waals surface area contributed by atoms with Crippen LogP contribution in [0.4, 0.5) is 0 Å². The van der Waals surface area contributed by atoms with Gasteiger partial charge in [-0.05, 0) is 42.0 Å². The number of carbonyl (C=O) groups is 3. The number of amides is 2. The summed E-state index contributed by atoms with van der Waals surface area (Å²) in [5.74, 6) is -1.00. The standard InChI is InChI=1S/C20H17BrN2O6/c21-14-3-1-2-13(10-14)19(26)23-15(20(27)22-7-6-18(24)25)8-12-4-5-16-17(9-12)29-11-28-16/h1-5,8-10H,6-7,11H2,(H,22,27)(H,23,26)(H,24,25)/b15-8-. The summed E-state index contributed by atoms with van der Waals surface area (Å²) in [5, 5.41) is 13.8. The van der Waals surface area contributed by atoms with Gasteiger partial charge in [0.05, 0.1) is 6.42 Å². The van der Waals surface area contributed by atoms with Crippen LogP contribution in [0.5, 0.6) is 11.5 Å². The Bertz CT molecular complexity index is 989. The molecule has 0 radical (unpaired) electrons. The van der Waals surface area contributed by atoms with Gasteiger partial charge in [-0.2, -0.15) is 0 Å². The molecule has 0 fully saturated rings. The number of carboxylic acids is 1. The first-order valence-electron chi connectivity index (χ1n) is 8.60. The van der Waals surface area contributed by atoms with Gasteiger partial charge in [0.1, 0.15) is 5.70 Å². The topological polar surface area (TPSA) is 114 Å². The molecule has 3 rings (SSSR count). The van der Waals surface area contributed by atoms with Gasteiger partial charge >= 0.3 is 5.97 Å². The van der Waals surface area contributed by atoms with Crippen molar-refractivity contribution in [3.05, 3.63) is 63.8 Å². The molecule has 1 heterocycles. The summed E-state index contributed by atoms with van der Waals surface area (Å²) in [6.07, 6.45) is 1.25. The molecule has 0 aliphatic carbocycles. The molecule has 0 bridgehead atoms. The molecule has 0 saturated carbocycles. The van der Waals surface area contributed by atoms with E-state index >= 15 is 0 Å². The van der Waals surface area contributed by atoms with Gasteiger partial charge in [0, 0.05) is 16.6 Å². The largest absolute Gasteiger partial charge is 0.481 e. The fourth-order valence-corrected chi connectivity index (χ4v) is 2.93. The van der Waals surface area contributed by atoms with E-state index in [0.29, 0.717) is 22.6 Å². The lowest BCUT2D eigenvalue weighted by atomic mass is 10.1. The van der Waals surface area contributed by atoms with E-state index in [1.54, 1.807) is 42.5 Å². The second-order valence-electron chi connectivity index (χ2n) is 6.03. The van der Waals surface area contributed by atoms with Crippen LogP contribution in [0.1, 0.15) is 22.3 Å². The van der Waals surface area contributed by atoms with E-state index in [9.17, 15) is 14.4 Å². The van der Waals surface area contributed by atoms with Gasteiger partial charge in [-0.1, -0.05) is 28.1 Å². The van der Waals surface area contributed by atoms with E-state index in [4.69, 9.17) is 14.6 Å². The van der Waals surface area contributed by atoms with Crippen LogP contribution in [-0.4, -0.2) is 36.2 Å². The van der Waals surface area contributed by atoms with Crippen molar-refractivity contribution in [2.45, 2.75) is 6.42 Å². The van der Waals surface area contributed by atoms with Gasteiger partial charge in [-0.3, -0.25) is 14.4 Å². The Balaban J connectivity index is 1.83. The summed E-state index contributed by atoms with van der Waals surface area (Å²) in [6.45, 7) is 0.0457. The van der Waals surface area contributed by atoms with Gasteiger partial charge in [-0.25, -0.2) is 0 Å². The highest BCUT2D eigenvalue weighted by Gasteiger charge is 2.17. The number of halogens is 1. The average Bonchev–Trinajstić information content (AvgIpc) is 3.15. The molecule has 2 aromatic carbocycles. The quantitative estimate of drug-likeness (QED) is 0.547. The van der Waals surface area contributed by atoms with Crippen LogP contribution in [0.15, 0.2) is 52.6 Å². The normalized spacial score (nSPS) is 12.4. The summed E-state index contributed by atoms with van der Waals surface area (Å²) in [7, 11) is 0. The predicted molar refractivity (Wildman–Crippen MR) is 107 cm³/mol. The molecule has 1 aliphatic heterocycles. The van der Waals surface area contributed by atoms with E-state index in [1.165, 1.54) is 6.08 Å². The number of hydrogen-bond acceptors (Lipinski definition) is 5. The molecule has 0 saturated heterocycles. The number of hydrogen-bond donors (Lipinski definition) is 3. The minimum Gasteiger partial charge on any atom is -0.481 e. The molecule has 2 aromatic rings. The molecule has 29 heavy (non-hydrogen) atoms. The van der Waals surface area contributed by atoms with Crippen molar-refractivity contribution in [3.8, 4) is 11.5 Å². The molecule has 0 atom stereocenters. The van der Waals surface area contributed by atoms with Crippen molar-refractivity contribution in [2.75, 3.05) is 13.3 Å². The molecule has 1 aliphatic rings. The fraction of sp³-hybridized carbons (Fsp3) is 0.150. The Labute approximate surface area is 174 Å². The molecule has 150 valence electrons. The molecule has 8 nitrogen and oxygen atoms in total. The van der Waals surface area contributed by atoms with Crippen molar-refractivity contribution < 1.29 is 29.0 Å². The van der Waals surface area contributed by atoms with Gasteiger partial charge < -0.3 is 25.2 Å². The first-order valence-corrected chi connectivity index (χ1v) is 9.40. The molecule has 0 unspecified atom stereocenters. The first-order chi connectivity index (χ1) is 13.9. The van der Waals surface area contributed by atoms with Crippen molar-refractivity contribution in [1.82, 2.24) is 10.6 Å². The number of ether oxygens (including phenoxy) is 2. The van der Waals surface area contributed by atoms with Crippen LogP contribution in [0.25, 0.3) is 6.08 Å². The summed E-state index contributed by atoms with van der Waals surface area (Å²) >= 11 is 3.30. The Morgan fingerprint density at radius 1 is 1.10 bits per heavy atom. The third-order valence-electron chi connectivity index (χ3n) is 3.91. The summed E-state index contributed by atoms with van der Waals surface area (Å²) < 4.78 is 11.3. The van der Waals surface area contributed by atoms with E-state index in [1.807, 2.05) is 0 Å². The summed E-state index contributed by atoms with van der Waals surface area (Å²) in [6, 6.07) is 11.8. The lowest BCUT2D eigenvalue weighted by molar-refractivity contribution is -0.136. The predicted octanol–water partition coefficient (Wildman–Crippen LogP) is 2.54. The van der Waals surface area contributed by atoms with Crippen molar-refractivity contribution in [3.63, 3.8) is 0 Å². The lowest BCUT2D eigenvalue weighted by Crippen LogP contribution is -2.35. The zero-order valence-corrected chi connectivity index (χ0v) is 16.7. The number of aliphatic carboxylic acids is 1. The minimum atomic E-state index is -1.04. The Kier molecular flexibility index (Phi) is 6.50. The van der Waals surface area contributed by atoms with Crippen LogP contribution >= 0.6 is 15.9 Å². The highest BCUT2D eigenvalue weighted by atomic mass is 79.9. The molecular formula is C20H17BrN2O6. The highest BCUT2D eigenvalue weighted by molar-refractivity contribution is 9.10. The molecule has 9 heteroatoms.